The van der Waals surface area contributed by atoms with Crippen molar-refractivity contribution in [3.05, 3.63) is 111 Å². The second kappa shape index (κ2) is 15.0. The first-order chi connectivity index (χ1) is 23.5. The zero-order valence-electron chi connectivity index (χ0n) is 27.4. The second-order valence-electron chi connectivity index (χ2n) is 13.0. The minimum Gasteiger partial charge on any atom is -0.379 e. The lowest BCUT2D eigenvalue weighted by Crippen LogP contribution is -2.40. The van der Waals surface area contributed by atoms with Crippen LogP contribution in [0.25, 0.3) is 11.3 Å². The van der Waals surface area contributed by atoms with Crippen LogP contribution in [0.15, 0.2) is 66.7 Å². The first-order valence-corrected chi connectivity index (χ1v) is 17.5. The number of carbonyl (C=O) groups excluding carboxylic acids is 1. The molecule has 3 N–H and O–H groups in total. The summed E-state index contributed by atoms with van der Waals surface area (Å²) in [5.41, 5.74) is 15.5. The molecule has 3 aliphatic rings. The normalized spacial score (nSPS) is 17.7. The maximum absolute atomic E-state index is 12.1. The molecule has 1 aliphatic carbocycles. The van der Waals surface area contributed by atoms with Gasteiger partial charge in [0.25, 0.3) is 0 Å². The van der Waals surface area contributed by atoms with Gasteiger partial charge in [-0.25, -0.2) is 4.79 Å². The van der Waals surface area contributed by atoms with Gasteiger partial charge in [-0.05, 0) is 66.6 Å². The number of rotatable bonds is 8. The molecule has 48 heavy (non-hydrogen) atoms. The van der Waals surface area contributed by atoms with Crippen molar-refractivity contribution in [2.24, 2.45) is 5.73 Å². The first-order valence-electron chi connectivity index (χ1n) is 17.2. The third-order valence-corrected chi connectivity index (χ3v) is 10.2. The standard InChI is InChI=1S/C39H43ClN6O2/c40-35-16-15-32(38-34-27-45(39(41)47)20-17-37(34)46(43-38)19-4-18-44-21-23-48-24-22-44)25-31(35)14-13-28-9-11-29(12-10-28)26-42-36-8-3-6-30-5-1-2-7-33(30)36/h1-2,5,7,9-12,15-16,25,36,42H,3-4,6,8,17-24,26-27H2,(H2,41,47)/t36-/m1/s1. The summed E-state index contributed by atoms with van der Waals surface area (Å²) in [7, 11) is 0. The Labute approximate surface area is 288 Å². The molecule has 0 bridgehead atoms. The number of carbonyl (C=O) groups is 1. The summed E-state index contributed by atoms with van der Waals surface area (Å²) in [5, 5.41) is 9.46. The minimum atomic E-state index is -0.407. The van der Waals surface area contributed by atoms with Crippen LogP contribution in [0, 0.1) is 11.8 Å². The van der Waals surface area contributed by atoms with Crippen molar-refractivity contribution in [1.29, 1.82) is 0 Å². The van der Waals surface area contributed by atoms with Crippen molar-refractivity contribution in [3.8, 4) is 23.1 Å². The summed E-state index contributed by atoms with van der Waals surface area (Å²) in [6.45, 7) is 7.22. The number of amides is 2. The summed E-state index contributed by atoms with van der Waals surface area (Å²) < 4.78 is 7.63. The zero-order valence-corrected chi connectivity index (χ0v) is 28.1. The molecule has 248 valence electrons. The molecule has 0 unspecified atom stereocenters. The van der Waals surface area contributed by atoms with Crippen LogP contribution in [-0.2, 0) is 37.2 Å². The van der Waals surface area contributed by atoms with Crippen LogP contribution in [0.3, 0.4) is 0 Å². The first kappa shape index (κ1) is 32.4. The lowest BCUT2D eigenvalue weighted by atomic mass is 9.87. The number of fused-ring (bicyclic) bond motifs is 2. The molecule has 8 nitrogen and oxygen atoms in total. The second-order valence-corrected chi connectivity index (χ2v) is 13.4. The number of nitrogens with zero attached hydrogens (tertiary/aromatic N) is 4. The number of aryl methyl sites for hydroxylation is 2. The average Bonchev–Trinajstić information content (AvgIpc) is 3.49. The lowest BCUT2D eigenvalue weighted by Gasteiger charge is -2.27. The number of aromatic nitrogens is 2. The fraction of sp³-hybridized carbons (Fsp3) is 0.385. The molecule has 1 atom stereocenters. The Morgan fingerprint density at radius 2 is 1.83 bits per heavy atom. The molecule has 0 saturated carbocycles. The van der Waals surface area contributed by atoms with Crippen LogP contribution < -0.4 is 11.1 Å². The number of hydrogen-bond acceptors (Lipinski definition) is 5. The van der Waals surface area contributed by atoms with E-state index in [0.717, 1.165) is 86.7 Å². The Morgan fingerprint density at radius 3 is 2.67 bits per heavy atom. The quantitative estimate of drug-likeness (QED) is 0.229. The third-order valence-electron chi connectivity index (χ3n) is 9.85. The zero-order chi connectivity index (χ0) is 32.9. The van der Waals surface area contributed by atoms with E-state index in [1.807, 2.05) is 18.2 Å². The lowest BCUT2D eigenvalue weighted by molar-refractivity contribution is 0.0368. The maximum Gasteiger partial charge on any atom is 0.315 e. The summed E-state index contributed by atoms with van der Waals surface area (Å²) in [4.78, 5) is 16.3. The van der Waals surface area contributed by atoms with Crippen LogP contribution in [0.2, 0.25) is 5.02 Å². The van der Waals surface area contributed by atoms with E-state index in [4.69, 9.17) is 27.2 Å². The van der Waals surface area contributed by atoms with Gasteiger partial charge < -0.3 is 20.7 Å². The number of benzene rings is 3. The highest BCUT2D eigenvalue weighted by Gasteiger charge is 2.27. The highest BCUT2D eigenvalue weighted by atomic mass is 35.5. The maximum atomic E-state index is 12.1. The van der Waals surface area contributed by atoms with Crippen molar-refractivity contribution in [1.82, 2.24) is 24.9 Å². The van der Waals surface area contributed by atoms with Gasteiger partial charge >= 0.3 is 6.03 Å². The van der Waals surface area contributed by atoms with Gasteiger partial charge in [0, 0.05) is 79.7 Å². The highest BCUT2D eigenvalue weighted by Crippen LogP contribution is 2.33. The fourth-order valence-electron chi connectivity index (χ4n) is 7.19. The predicted molar refractivity (Wildman–Crippen MR) is 190 cm³/mol. The van der Waals surface area contributed by atoms with E-state index in [1.54, 1.807) is 4.90 Å². The van der Waals surface area contributed by atoms with Crippen molar-refractivity contribution in [2.75, 3.05) is 39.4 Å². The van der Waals surface area contributed by atoms with Crippen molar-refractivity contribution in [3.63, 3.8) is 0 Å². The Bertz CT molecular complexity index is 1820. The minimum absolute atomic E-state index is 0.398. The van der Waals surface area contributed by atoms with Crippen LogP contribution in [-0.4, -0.2) is 65.0 Å². The third kappa shape index (κ3) is 7.45. The van der Waals surface area contributed by atoms with Gasteiger partial charge in [0.05, 0.1) is 30.5 Å². The van der Waals surface area contributed by atoms with E-state index in [-0.39, 0.29) is 0 Å². The van der Waals surface area contributed by atoms with Crippen LogP contribution >= 0.6 is 11.6 Å². The molecule has 0 spiro atoms. The van der Waals surface area contributed by atoms with Gasteiger partial charge in [-0.3, -0.25) is 9.58 Å². The summed E-state index contributed by atoms with van der Waals surface area (Å²) in [5.74, 6) is 6.62. The molecule has 9 heteroatoms. The van der Waals surface area contributed by atoms with Gasteiger partial charge in [-0.15, -0.1) is 0 Å². The van der Waals surface area contributed by atoms with Gasteiger partial charge in [0.15, 0.2) is 0 Å². The van der Waals surface area contributed by atoms with E-state index >= 15 is 0 Å². The smallest absolute Gasteiger partial charge is 0.315 e. The topological polar surface area (TPSA) is 88.7 Å². The van der Waals surface area contributed by atoms with E-state index in [1.165, 1.54) is 41.6 Å². The molecule has 3 heterocycles. The molecule has 3 aromatic carbocycles. The number of hydrogen-bond donors (Lipinski definition) is 2. The Morgan fingerprint density at radius 1 is 1.00 bits per heavy atom. The van der Waals surface area contributed by atoms with E-state index in [0.29, 0.717) is 24.2 Å². The molecule has 1 fully saturated rings. The van der Waals surface area contributed by atoms with Gasteiger partial charge in [0.2, 0.25) is 0 Å². The van der Waals surface area contributed by atoms with E-state index in [9.17, 15) is 4.79 Å². The monoisotopic (exact) mass is 662 g/mol. The molecule has 0 radical (unpaired) electrons. The van der Waals surface area contributed by atoms with E-state index in [2.05, 4.69) is 75.3 Å². The number of morpholine rings is 1. The summed E-state index contributed by atoms with van der Waals surface area (Å²) in [6, 6.07) is 23.1. The fourth-order valence-corrected chi connectivity index (χ4v) is 7.35. The number of primary amides is 1. The molecule has 2 aliphatic heterocycles. The summed E-state index contributed by atoms with van der Waals surface area (Å²) in [6.07, 6.45) is 5.28. The van der Waals surface area contributed by atoms with Gasteiger partial charge in [-0.2, -0.15) is 5.10 Å². The molecule has 1 aromatic heterocycles. The Kier molecular flexibility index (Phi) is 10.1. The molecular weight excluding hydrogens is 620 g/mol. The largest absolute Gasteiger partial charge is 0.379 e. The Hall–Kier alpha value is -4.13. The van der Waals surface area contributed by atoms with Crippen molar-refractivity contribution in [2.45, 2.75) is 57.8 Å². The number of nitrogens with one attached hydrogen (secondary N) is 1. The van der Waals surface area contributed by atoms with Gasteiger partial charge in [0.1, 0.15) is 0 Å². The Balaban J connectivity index is 1.06. The number of halogens is 1. The predicted octanol–water partition coefficient (Wildman–Crippen LogP) is 5.93. The SMILES string of the molecule is NC(=O)N1CCc2c(c(-c3ccc(Cl)c(C#Cc4ccc(CN[C@@H]5CCCc6ccccc65)cc4)c3)nn2CCCN2CCOCC2)C1. The molecule has 4 aromatic rings. The average molecular weight is 663 g/mol. The van der Waals surface area contributed by atoms with Crippen LogP contribution in [0.4, 0.5) is 4.79 Å². The van der Waals surface area contributed by atoms with Crippen molar-refractivity contribution < 1.29 is 9.53 Å². The number of nitrogens with two attached hydrogens (primary N) is 1. The summed E-state index contributed by atoms with van der Waals surface area (Å²) >= 11 is 6.66. The van der Waals surface area contributed by atoms with Crippen molar-refractivity contribution >= 4 is 17.6 Å². The molecule has 7 rings (SSSR count). The molecule has 1 saturated heterocycles. The van der Waals surface area contributed by atoms with Crippen LogP contribution in [0.1, 0.15) is 64.4 Å². The van der Waals surface area contributed by atoms with Gasteiger partial charge in [-0.1, -0.05) is 65.9 Å². The number of ether oxygens (including phenoxy) is 1. The molecular formula is C39H43ClN6O2. The highest BCUT2D eigenvalue weighted by molar-refractivity contribution is 6.31. The van der Waals surface area contributed by atoms with Crippen LogP contribution in [0.5, 0.6) is 0 Å². The number of urea groups is 1. The van der Waals surface area contributed by atoms with E-state index < -0.39 is 6.03 Å². The molecule has 2 amide bonds.